The zero-order valence-electron chi connectivity index (χ0n) is 9.74. The summed E-state index contributed by atoms with van der Waals surface area (Å²) in [6, 6.07) is 5.23. The summed E-state index contributed by atoms with van der Waals surface area (Å²) in [5.74, 6) is 0.184. The van der Waals surface area contributed by atoms with Crippen LogP contribution in [0.4, 0.5) is 0 Å². The molecule has 0 saturated carbocycles. The maximum atomic E-state index is 11.5. The van der Waals surface area contributed by atoms with E-state index in [2.05, 4.69) is 15.0 Å². The molecule has 0 saturated heterocycles. The van der Waals surface area contributed by atoms with Crippen molar-refractivity contribution in [1.29, 1.82) is 0 Å². The summed E-state index contributed by atoms with van der Waals surface area (Å²) in [5, 5.41) is 0.839. The molecule has 0 amide bonds. The Bertz CT molecular complexity index is 534. The lowest BCUT2D eigenvalue weighted by molar-refractivity contribution is 0.0599. The zero-order chi connectivity index (χ0) is 12.8. The minimum Gasteiger partial charge on any atom is -0.465 e. The third-order valence-electron chi connectivity index (χ3n) is 2.21. The summed E-state index contributed by atoms with van der Waals surface area (Å²) < 4.78 is 4.72. The minimum atomic E-state index is -0.374. The number of carbonyl (C=O) groups excluding carboxylic acids is 1. The number of hydrogen-bond donors (Lipinski definition) is 0. The van der Waals surface area contributed by atoms with Crippen LogP contribution in [0.25, 0.3) is 0 Å². The van der Waals surface area contributed by atoms with Gasteiger partial charge in [0.2, 0.25) is 0 Å². The van der Waals surface area contributed by atoms with E-state index in [1.165, 1.54) is 25.2 Å². The molecule has 0 aromatic carbocycles. The van der Waals surface area contributed by atoms with Crippen molar-refractivity contribution >= 4 is 17.7 Å². The molecule has 0 unspecified atom stereocenters. The number of methoxy groups -OCH3 is 1. The van der Waals surface area contributed by atoms with E-state index in [0.29, 0.717) is 17.0 Å². The fourth-order valence-corrected chi connectivity index (χ4v) is 2.15. The van der Waals surface area contributed by atoms with Crippen molar-refractivity contribution in [2.24, 2.45) is 0 Å². The van der Waals surface area contributed by atoms with E-state index in [1.54, 1.807) is 24.5 Å². The Balaban J connectivity index is 2.12. The first kappa shape index (κ1) is 12.5. The van der Waals surface area contributed by atoms with Gasteiger partial charge in [0.25, 0.3) is 0 Å². The lowest BCUT2D eigenvalue weighted by atomic mass is 10.2. The zero-order valence-corrected chi connectivity index (χ0v) is 10.6. The maximum absolute atomic E-state index is 11.5. The summed E-state index contributed by atoms with van der Waals surface area (Å²) in [6.45, 7) is 0. The highest BCUT2D eigenvalue weighted by molar-refractivity contribution is 7.98. The van der Waals surface area contributed by atoms with Crippen LogP contribution >= 0.6 is 11.8 Å². The summed E-state index contributed by atoms with van der Waals surface area (Å²) in [4.78, 5) is 23.7. The average molecular weight is 261 g/mol. The molecule has 5 nitrogen and oxygen atoms in total. The van der Waals surface area contributed by atoms with Gasteiger partial charge in [-0.05, 0) is 18.2 Å². The first-order valence-electron chi connectivity index (χ1n) is 5.22. The highest BCUT2D eigenvalue weighted by Gasteiger charge is 2.12. The Hall–Kier alpha value is -1.95. The van der Waals surface area contributed by atoms with Gasteiger partial charge < -0.3 is 4.74 Å². The standard InChI is InChI=1S/C12H11N3O2S/c1-17-12(16)9-3-2-5-14-10(9)7-18-11-4-6-13-8-15-11/h2-6,8H,7H2,1H3. The predicted octanol–water partition coefficient (Wildman–Crippen LogP) is 1.95. The van der Waals surface area contributed by atoms with Gasteiger partial charge in [-0.1, -0.05) is 11.8 Å². The van der Waals surface area contributed by atoms with Gasteiger partial charge in [0.1, 0.15) is 6.33 Å². The second-order valence-electron chi connectivity index (χ2n) is 3.33. The van der Waals surface area contributed by atoms with Crippen LogP contribution < -0.4 is 0 Å². The number of nitrogens with zero attached hydrogens (tertiary/aromatic N) is 3. The van der Waals surface area contributed by atoms with E-state index < -0.39 is 0 Å². The van der Waals surface area contributed by atoms with Crippen molar-refractivity contribution in [3.05, 3.63) is 48.2 Å². The lowest BCUT2D eigenvalue weighted by Crippen LogP contribution is -2.06. The van der Waals surface area contributed by atoms with Crippen LogP contribution in [0, 0.1) is 0 Å². The van der Waals surface area contributed by atoms with Gasteiger partial charge >= 0.3 is 5.97 Å². The fraction of sp³-hybridized carbons (Fsp3) is 0.167. The number of hydrogen-bond acceptors (Lipinski definition) is 6. The number of rotatable bonds is 4. The Morgan fingerprint density at radius 2 is 2.22 bits per heavy atom. The molecule has 92 valence electrons. The first-order valence-corrected chi connectivity index (χ1v) is 6.21. The molecule has 0 aliphatic carbocycles. The predicted molar refractivity (Wildman–Crippen MR) is 67.2 cm³/mol. The molecular weight excluding hydrogens is 250 g/mol. The van der Waals surface area contributed by atoms with Crippen molar-refractivity contribution in [2.45, 2.75) is 10.8 Å². The minimum absolute atomic E-state index is 0.374. The van der Waals surface area contributed by atoms with Gasteiger partial charge in [-0.15, -0.1) is 0 Å². The number of pyridine rings is 1. The third-order valence-corrected chi connectivity index (χ3v) is 3.16. The highest BCUT2D eigenvalue weighted by atomic mass is 32.2. The van der Waals surface area contributed by atoms with Crippen LogP contribution in [0.5, 0.6) is 0 Å². The molecule has 0 radical (unpaired) electrons. The summed E-state index contributed by atoms with van der Waals surface area (Å²) >= 11 is 1.49. The molecule has 2 aromatic heterocycles. The SMILES string of the molecule is COC(=O)c1cccnc1CSc1ccncn1. The van der Waals surface area contributed by atoms with Gasteiger partial charge in [0.15, 0.2) is 0 Å². The van der Waals surface area contributed by atoms with Crippen molar-refractivity contribution in [1.82, 2.24) is 15.0 Å². The number of ether oxygens (including phenoxy) is 1. The second kappa shape index (κ2) is 6.11. The van der Waals surface area contributed by atoms with Gasteiger partial charge in [-0.3, -0.25) is 4.98 Å². The molecule has 0 N–H and O–H groups in total. The summed E-state index contributed by atoms with van der Waals surface area (Å²) in [5.41, 5.74) is 1.18. The van der Waals surface area contributed by atoms with Crippen molar-refractivity contribution < 1.29 is 9.53 Å². The van der Waals surface area contributed by atoms with Gasteiger partial charge in [-0.25, -0.2) is 14.8 Å². The van der Waals surface area contributed by atoms with Crippen molar-refractivity contribution in [2.75, 3.05) is 7.11 Å². The monoisotopic (exact) mass is 261 g/mol. The molecule has 0 aliphatic rings. The van der Waals surface area contributed by atoms with E-state index in [4.69, 9.17) is 4.74 Å². The molecule has 0 bridgehead atoms. The van der Waals surface area contributed by atoms with Crippen LogP contribution in [-0.4, -0.2) is 28.0 Å². The Kier molecular flexibility index (Phi) is 4.25. The molecule has 18 heavy (non-hydrogen) atoms. The van der Waals surface area contributed by atoms with Gasteiger partial charge in [0.05, 0.1) is 23.4 Å². The number of esters is 1. The van der Waals surface area contributed by atoms with Crippen LogP contribution in [0.3, 0.4) is 0 Å². The molecule has 6 heteroatoms. The third kappa shape index (κ3) is 3.04. The number of aromatic nitrogens is 3. The topological polar surface area (TPSA) is 65.0 Å². The van der Waals surface area contributed by atoms with Crippen LogP contribution in [0.15, 0.2) is 41.9 Å². The first-order chi connectivity index (χ1) is 8.81. The second-order valence-corrected chi connectivity index (χ2v) is 4.32. The van der Waals surface area contributed by atoms with Crippen LogP contribution in [0.1, 0.15) is 16.1 Å². The Morgan fingerprint density at radius 1 is 1.33 bits per heavy atom. The van der Waals surface area contributed by atoms with E-state index in [-0.39, 0.29) is 5.97 Å². The molecular formula is C12H11N3O2S. The summed E-state index contributed by atoms with van der Waals surface area (Å²) in [6.07, 6.45) is 4.82. The van der Waals surface area contributed by atoms with E-state index in [0.717, 1.165) is 5.03 Å². The van der Waals surface area contributed by atoms with Gasteiger partial charge in [0, 0.05) is 18.1 Å². The molecule has 0 fully saturated rings. The largest absolute Gasteiger partial charge is 0.465 e. The average Bonchev–Trinajstić information content (AvgIpc) is 2.45. The Labute approximate surface area is 109 Å². The van der Waals surface area contributed by atoms with Gasteiger partial charge in [-0.2, -0.15) is 0 Å². The Morgan fingerprint density at radius 3 is 2.94 bits per heavy atom. The smallest absolute Gasteiger partial charge is 0.339 e. The van der Waals surface area contributed by atoms with Crippen molar-refractivity contribution in [3.63, 3.8) is 0 Å². The molecule has 0 aliphatic heterocycles. The van der Waals surface area contributed by atoms with Crippen LogP contribution in [0.2, 0.25) is 0 Å². The normalized spacial score (nSPS) is 10.1. The van der Waals surface area contributed by atoms with E-state index >= 15 is 0 Å². The molecule has 2 rings (SSSR count). The highest BCUT2D eigenvalue weighted by Crippen LogP contribution is 2.21. The van der Waals surface area contributed by atoms with Crippen LogP contribution in [-0.2, 0) is 10.5 Å². The molecule has 0 atom stereocenters. The summed E-state index contributed by atoms with van der Waals surface area (Å²) in [7, 11) is 1.36. The van der Waals surface area contributed by atoms with E-state index in [1.807, 2.05) is 6.07 Å². The molecule has 2 aromatic rings. The van der Waals surface area contributed by atoms with Crippen molar-refractivity contribution in [3.8, 4) is 0 Å². The molecule has 0 spiro atoms. The van der Waals surface area contributed by atoms with E-state index in [9.17, 15) is 4.79 Å². The lowest BCUT2D eigenvalue weighted by Gasteiger charge is -2.05. The number of thioether (sulfide) groups is 1. The quantitative estimate of drug-likeness (QED) is 0.476. The fourth-order valence-electron chi connectivity index (χ4n) is 1.36. The molecule has 2 heterocycles. The number of carbonyl (C=O) groups is 1. The maximum Gasteiger partial charge on any atom is 0.339 e.